The van der Waals surface area contributed by atoms with E-state index >= 15 is 0 Å². The minimum absolute atomic E-state index is 0.250. The Labute approximate surface area is 153 Å². The zero-order chi connectivity index (χ0) is 17.2. The molecule has 136 valence electrons. The van der Waals surface area contributed by atoms with Gasteiger partial charge in [0.2, 0.25) is 0 Å². The molecular weight excluding hydrogens is 339 g/mol. The Morgan fingerprint density at radius 1 is 1.12 bits per heavy atom. The van der Waals surface area contributed by atoms with Crippen LogP contribution in [-0.4, -0.2) is 23.6 Å². The lowest BCUT2D eigenvalue weighted by molar-refractivity contribution is 0.220. The monoisotopic (exact) mass is 364 g/mol. The zero-order valence-electron chi connectivity index (χ0n) is 14.6. The first-order valence-electron chi connectivity index (χ1n) is 9.63. The second kappa shape index (κ2) is 7.53. The molecule has 0 amide bonds. The van der Waals surface area contributed by atoms with E-state index in [2.05, 4.69) is 10.1 Å². The van der Waals surface area contributed by atoms with E-state index in [-0.39, 0.29) is 5.82 Å². The fourth-order valence-corrected chi connectivity index (χ4v) is 5.27. The van der Waals surface area contributed by atoms with E-state index in [1.807, 2.05) is 0 Å². The van der Waals surface area contributed by atoms with E-state index in [4.69, 9.17) is 16.1 Å². The van der Waals surface area contributed by atoms with Crippen LogP contribution in [0.1, 0.15) is 51.4 Å². The number of halogens is 2. The molecule has 4 rings (SSSR count). The Morgan fingerprint density at radius 2 is 1.92 bits per heavy atom. The van der Waals surface area contributed by atoms with Gasteiger partial charge < -0.3 is 9.42 Å². The summed E-state index contributed by atoms with van der Waals surface area (Å²) in [4.78, 5) is 2.41. The Morgan fingerprint density at radius 3 is 2.76 bits per heavy atom. The van der Waals surface area contributed by atoms with Crippen LogP contribution in [0.3, 0.4) is 0 Å². The molecule has 0 bridgehead atoms. The van der Waals surface area contributed by atoms with Gasteiger partial charge in [-0.3, -0.25) is 0 Å². The molecule has 1 aliphatic carbocycles. The number of nitrogens with zero attached hydrogens (tertiary/aromatic N) is 2. The van der Waals surface area contributed by atoms with Crippen LogP contribution in [0.4, 0.5) is 10.1 Å². The van der Waals surface area contributed by atoms with Crippen molar-refractivity contribution in [3.8, 4) is 0 Å². The lowest BCUT2D eigenvalue weighted by atomic mass is 9.76. The van der Waals surface area contributed by atoms with Gasteiger partial charge in [0.1, 0.15) is 5.82 Å². The average Bonchev–Trinajstić information content (AvgIpc) is 3.10. The smallest absolute Gasteiger partial charge is 0.171 e. The fourth-order valence-electron chi connectivity index (χ4n) is 4.87. The number of rotatable bonds is 4. The molecule has 1 saturated heterocycles. The third-order valence-electron chi connectivity index (χ3n) is 6.19. The van der Waals surface area contributed by atoms with Crippen molar-refractivity contribution in [1.82, 2.24) is 5.16 Å². The van der Waals surface area contributed by atoms with E-state index < -0.39 is 0 Å². The van der Waals surface area contributed by atoms with Gasteiger partial charge in [-0.25, -0.2) is 4.39 Å². The van der Waals surface area contributed by atoms with Gasteiger partial charge in [0.15, 0.2) is 5.58 Å². The van der Waals surface area contributed by atoms with Crippen LogP contribution >= 0.6 is 11.6 Å². The number of piperidine rings is 1. The van der Waals surface area contributed by atoms with Crippen molar-refractivity contribution in [1.29, 1.82) is 0 Å². The van der Waals surface area contributed by atoms with Crippen molar-refractivity contribution >= 4 is 28.3 Å². The summed E-state index contributed by atoms with van der Waals surface area (Å²) in [5.41, 5.74) is 1.48. The van der Waals surface area contributed by atoms with Crippen molar-refractivity contribution in [2.24, 2.45) is 11.8 Å². The second-order valence-corrected chi connectivity index (χ2v) is 8.01. The van der Waals surface area contributed by atoms with Crippen molar-refractivity contribution in [2.75, 3.05) is 17.3 Å². The van der Waals surface area contributed by atoms with Crippen LogP contribution in [0.5, 0.6) is 0 Å². The number of fused-ring (bicyclic) bond motifs is 1. The molecule has 1 saturated carbocycles. The maximum Gasteiger partial charge on any atom is 0.171 e. The van der Waals surface area contributed by atoms with Gasteiger partial charge in [0.25, 0.3) is 0 Å². The lowest BCUT2D eigenvalue weighted by Gasteiger charge is -2.41. The van der Waals surface area contributed by atoms with Gasteiger partial charge in [-0.15, -0.1) is 11.6 Å². The summed E-state index contributed by atoms with van der Waals surface area (Å²) in [7, 11) is 0. The summed E-state index contributed by atoms with van der Waals surface area (Å²) in [6, 6.07) is 3.54. The average molecular weight is 365 g/mol. The van der Waals surface area contributed by atoms with Crippen molar-refractivity contribution in [3.63, 3.8) is 0 Å². The molecule has 3 nitrogen and oxygen atoms in total. The standard InChI is InChI=1S/C20H26ClFN2O/c21-12-15-6-2-1-5-14(15)9-17-7-3-4-8-24(17)19-10-16(22)11-20-18(19)13-23-25-20/h10-11,13-15,17H,1-9,12H2/t14-,15+,17?/m1/s1. The third-order valence-corrected chi connectivity index (χ3v) is 6.59. The van der Waals surface area contributed by atoms with E-state index in [9.17, 15) is 4.39 Å². The topological polar surface area (TPSA) is 29.3 Å². The third kappa shape index (κ3) is 3.51. The molecule has 2 aliphatic rings. The van der Waals surface area contributed by atoms with Crippen LogP contribution in [-0.2, 0) is 0 Å². The molecule has 5 heteroatoms. The highest BCUT2D eigenvalue weighted by Gasteiger charge is 2.31. The minimum atomic E-state index is -0.250. The van der Waals surface area contributed by atoms with E-state index in [0.29, 0.717) is 23.5 Å². The molecule has 2 fully saturated rings. The highest BCUT2D eigenvalue weighted by Crippen LogP contribution is 2.39. The molecule has 25 heavy (non-hydrogen) atoms. The molecule has 1 aliphatic heterocycles. The number of alkyl halides is 1. The summed E-state index contributed by atoms with van der Waals surface area (Å²) in [5.74, 6) is 1.86. The van der Waals surface area contributed by atoms with E-state index in [0.717, 1.165) is 29.9 Å². The molecular formula is C20H26ClFN2O. The Hall–Kier alpha value is -1.29. The highest BCUT2D eigenvalue weighted by atomic mass is 35.5. The Bertz CT molecular complexity index is 719. The zero-order valence-corrected chi connectivity index (χ0v) is 15.3. The maximum absolute atomic E-state index is 14.1. The van der Waals surface area contributed by atoms with Crippen LogP contribution in [0, 0.1) is 17.7 Å². The summed E-state index contributed by atoms with van der Waals surface area (Å²) in [6.07, 6.45) is 11.6. The predicted octanol–water partition coefficient (Wildman–Crippen LogP) is 5.76. The molecule has 0 N–H and O–H groups in total. The Kier molecular flexibility index (Phi) is 5.16. The number of hydrogen-bond acceptors (Lipinski definition) is 3. The Balaban J connectivity index is 1.61. The van der Waals surface area contributed by atoms with E-state index in [1.54, 1.807) is 12.3 Å². The molecule has 1 unspecified atom stereocenters. The SMILES string of the molecule is Fc1cc(N2CCCCC2C[C@H]2CCCC[C@H]2CCl)c2cnoc2c1. The second-order valence-electron chi connectivity index (χ2n) is 7.70. The number of anilines is 1. The molecule has 1 aromatic carbocycles. The van der Waals surface area contributed by atoms with E-state index in [1.165, 1.54) is 51.0 Å². The molecule has 0 spiro atoms. The lowest BCUT2D eigenvalue weighted by Crippen LogP contribution is -2.42. The number of benzene rings is 1. The van der Waals surface area contributed by atoms with Crippen LogP contribution < -0.4 is 4.90 Å². The van der Waals surface area contributed by atoms with Crippen molar-refractivity contribution < 1.29 is 8.91 Å². The molecule has 0 radical (unpaired) electrons. The van der Waals surface area contributed by atoms with Gasteiger partial charge in [0.05, 0.1) is 17.3 Å². The van der Waals surface area contributed by atoms with Gasteiger partial charge in [-0.05, 0) is 50.0 Å². The fraction of sp³-hybridized carbons (Fsp3) is 0.650. The quantitative estimate of drug-likeness (QED) is 0.646. The molecule has 1 aromatic heterocycles. The summed E-state index contributed by atoms with van der Waals surface area (Å²) in [6.45, 7) is 0.979. The summed E-state index contributed by atoms with van der Waals surface area (Å²) >= 11 is 6.25. The molecule has 2 aromatic rings. The number of hydrogen-bond donors (Lipinski definition) is 0. The highest BCUT2D eigenvalue weighted by molar-refractivity contribution is 6.18. The largest absolute Gasteiger partial charge is 0.368 e. The first-order valence-corrected chi connectivity index (χ1v) is 10.2. The molecule has 3 atom stereocenters. The van der Waals surface area contributed by atoms with Crippen LogP contribution in [0.2, 0.25) is 0 Å². The summed E-state index contributed by atoms with van der Waals surface area (Å²) in [5, 5.41) is 4.80. The van der Waals surface area contributed by atoms with Gasteiger partial charge in [-0.2, -0.15) is 0 Å². The number of aromatic nitrogens is 1. The van der Waals surface area contributed by atoms with Gasteiger partial charge >= 0.3 is 0 Å². The molecule has 2 heterocycles. The normalized spacial score (nSPS) is 27.8. The van der Waals surface area contributed by atoms with Gasteiger partial charge in [-0.1, -0.05) is 24.4 Å². The van der Waals surface area contributed by atoms with Crippen LogP contribution in [0.25, 0.3) is 11.0 Å². The first-order chi connectivity index (χ1) is 12.3. The van der Waals surface area contributed by atoms with Crippen molar-refractivity contribution in [2.45, 2.75) is 57.4 Å². The minimum Gasteiger partial charge on any atom is -0.368 e. The first kappa shape index (κ1) is 17.1. The predicted molar refractivity (Wildman–Crippen MR) is 99.7 cm³/mol. The summed E-state index contributed by atoms with van der Waals surface area (Å²) < 4.78 is 19.3. The van der Waals surface area contributed by atoms with Crippen molar-refractivity contribution in [3.05, 3.63) is 24.1 Å². The maximum atomic E-state index is 14.1. The van der Waals surface area contributed by atoms with Crippen LogP contribution in [0.15, 0.2) is 22.9 Å². The van der Waals surface area contributed by atoms with Gasteiger partial charge in [0, 0.05) is 24.5 Å².